The number of carbonyl (C=O) groups is 3. The van der Waals surface area contributed by atoms with Crippen LogP contribution in [-0.4, -0.2) is 50.4 Å². The summed E-state index contributed by atoms with van der Waals surface area (Å²) >= 11 is 0. The molecule has 2 saturated carbocycles. The highest BCUT2D eigenvalue weighted by Crippen LogP contribution is 2.62. The topological polar surface area (TPSA) is 104 Å². The third-order valence-electron chi connectivity index (χ3n) is 8.01. The Labute approximate surface area is 207 Å². The molecule has 0 unspecified atom stereocenters. The van der Waals surface area contributed by atoms with Crippen LogP contribution in [0.2, 0.25) is 0 Å². The molecule has 9 heteroatoms. The lowest BCUT2D eigenvalue weighted by atomic mass is 9.71. The smallest absolute Gasteiger partial charge is 0.338 e. The molecule has 0 aromatic heterocycles. The van der Waals surface area contributed by atoms with Crippen LogP contribution in [0.1, 0.15) is 29.3 Å². The third-order valence-corrected chi connectivity index (χ3v) is 8.01. The fourth-order valence-corrected chi connectivity index (χ4v) is 6.57. The van der Waals surface area contributed by atoms with Gasteiger partial charge in [0.2, 0.25) is 11.8 Å². The predicted molar refractivity (Wildman–Crippen MR) is 128 cm³/mol. The van der Waals surface area contributed by atoms with Gasteiger partial charge in [-0.1, -0.05) is 5.16 Å². The summed E-state index contributed by atoms with van der Waals surface area (Å²) in [7, 11) is 3.18. The highest BCUT2D eigenvalue weighted by atomic mass is 16.6. The first kappa shape index (κ1) is 22.6. The fraction of sp³-hybridized carbons (Fsp3) is 0.407. The first-order valence-electron chi connectivity index (χ1n) is 12.1. The predicted octanol–water partition coefficient (Wildman–Crippen LogP) is 3.06. The number of ether oxygens (including phenoxy) is 3. The number of nitrogens with zero attached hydrogens (tertiary/aromatic N) is 2. The number of fused-ring (bicyclic) bond motifs is 8. The van der Waals surface area contributed by atoms with Crippen molar-refractivity contribution >= 4 is 29.2 Å². The number of oxime groups is 1. The summed E-state index contributed by atoms with van der Waals surface area (Å²) in [6.45, 7) is 2.01. The fourth-order valence-electron chi connectivity index (χ4n) is 6.57. The van der Waals surface area contributed by atoms with Gasteiger partial charge in [0.15, 0.2) is 0 Å². The maximum atomic E-state index is 13.6. The van der Waals surface area contributed by atoms with Crippen LogP contribution in [0.25, 0.3) is 0 Å². The molecule has 0 spiro atoms. The van der Waals surface area contributed by atoms with Gasteiger partial charge < -0.3 is 19.0 Å². The Balaban J connectivity index is 1.29. The van der Waals surface area contributed by atoms with Crippen LogP contribution < -0.4 is 14.4 Å². The van der Waals surface area contributed by atoms with Gasteiger partial charge in [-0.2, -0.15) is 0 Å². The zero-order valence-electron chi connectivity index (χ0n) is 20.2. The van der Waals surface area contributed by atoms with E-state index in [4.69, 9.17) is 19.0 Å². The van der Waals surface area contributed by atoms with Gasteiger partial charge >= 0.3 is 5.97 Å². The van der Waals surface area contributed by atoms with E-state index < -0.39 is 17.8 Å². The van der Waals surface area contributed by atoms with E-state index in [0.29, 0.717) is 22.7 Å². The largest absolute Gasteiger partial charge is 0.497 e. The van der Waals surface area contributed by atoms with Crippen LogP contribution in [0.15, 0.2) is 47.6 Å². The van der Waals surface area contributed by atoms with E-state index in [9.17, 15) is 14.4 Å². The summed E-state index contributed by atoms with van der Waals surface area (Å²) in [5.74, 6) is -0.661. The van der Waals surface area contributed by atoms with E-state index in [2.05, 4.69) is 5.16 Å². The molecule has 0 radical (unpaired) electrons. The molecule has 2 aromatic carbocycles. The molecular formula is C27H26N2O7. The number of carbonyl (C=O) groups excluding carboxylic acids is 3. The molecule has 2 bridgehead atoms. The number of benzene rings is 2. The van der Waals surface area contributed by atoms with E-state index in [0.717, 1.165) is 17.7 Å². The summed E-state index contributed by atoms with van der Waals surface area (Å²) in [5, 5.41) is 4.41. The number of anilines is 1. The van der Waals surface area contributed by atoms with Crippen LogP contribution in [0, 0.1) is 29.6 Å². The molecule has 2 amide bonds. The van der Waals surface area contributed by atoms with Crippen LogP contribution >= 0.6 is 0 Å². The Morgan fingerprint density at radius 2 is 1.72 bits per heavy atom. The number of hydrogen-bond acceptors (Lipinski definition) is 8. The molecule has 2 heterocycles. The Morgan fingerprint density at radius 3 is 2.39 bits per heavy atom. The molecule has 9 nitrogen and oxygen atoms in total. The maximum absolute atomic E-state index is 13.6. The molecule has 2 aliphatic carbocycles. The number of amides is 2. The van der Waals surface area contributed by atoms with Gasteiger partial charge in [0.05, 0.1) is 49.6 Å². The SMILES string of the molecule is CCOC(=O)c1ccc(N2C(=O)[C@@H]3[C@H]4C[C@@H]([C@@H]5ON=C(c6ccc(OC)cc6OC)[C@@H]45)[C@H]3C2=O)cc1. The standard InChI is InChI=1S/C27H26N2O7/c1-4-35-27(32)13-5-7-14(8-6-13)29-25(30)20-17-12-18(21(20)26(29)31)24-22(17)23(28-36-24)16-10-9-15(33-2)11-19(16)34-3/h5-11,17-18,20-22,24H,4,12H2,1-3H3/t17-,18-,20-,21-,22-,24+/m1/s1. The van der Waals surface area contributed by atoms with E-state index in [1.807, 2.05) is 12.1 Å². The van der Waals surface area contributed by atoms with Gasteiger partial charge in [0.1, 0.15) is 17.6 Å². The molecule has 2 aromatic rings. The Hall–Kier alpha value is -3.88. The number of hydrogen-bond donors (Lipinski definition) is 0. The third kappa shape index (κ3) is 3.08. The zero-order valence-corrected chi connectivity index (χ0v) is 20.2. The lowest BCUT2D eigenvalue weighted by molar-refractivity contribution is -0.125. The normalized spacial score (nSPS) is 29.5. The molecule has 186 valence electrons. The molecular weight excluding hydrogens is 464 g/mol. The van der Waals surface area contributed by atoms with Crippen LogP contribution in [0.3, 0.4) is 0 Å². The molecule has 3 fully saturated rings. The van der Waals surface area contributed by atoms with Crippen molar-refractivity contribution in [3.8, 4) is 11.5 Å². The summed E-state index contributed by atoms with van der Waals surface area (Å²) < 4.78 is 15.9. The van der Waals surface area contributed by atoms with E-state index in [1.54, 1.807) is 51.5 Å². The summed E-state index contributed by atoms with van der Waals surface area (Å²) in [6.07, 6.45) is 0.496. The summed E-state index contributed by atoms with van der Waals surface area (Å²) in [4.78, 5) is 46.3. The molecule has 6 rings (SSSR count). The Kier molecular flexibility index (Phi) is 5.24. The first-order valence-corrected chi connectivity index (χ1v) is 12.1. The summed E-state index contributed by atoms with van der Waals surface area (Å²) in [6, 6.07) is 11.9. The second kappa shape index (κ2) is 8.36. The minimum atomic E-state index is -0.441. The number of esters is 1. The highest BCUT2D eigenvalue weighted by Gasteiger charge is 2.70. The summed E-state index contributed by atoms with van der Waals surface area (Å²) in [5.41, 5.74) is 2.39. The molecule has 6 atom stereocenters. The molecule has 1 saturated heterocycles. The first-order chi connectivity index (χ1) is 17.5. The van der Waals surface area contributed by atoms with Crippen molar-refractivity contribution < 1.29 is 33.4 Å². The van der Waals surface area contributed by atoms with Crippen LogP contribution in [0.5, 0.6) is 11.5 Å². The van der Waals surface area contributed by atoms with Crippen molar-refractivity contribution in [3.63, 3.8) is 0 Å². The monoisotopic (exact) mass is 490 g/mol. The Morgan fingerprint density at radius 1 is 1.00 bits per heavy atom. The van der Waals surface area contributed by atoms with Gasteiger partial charge in [-0.05, 0) is 55.7 Å². The van der Waals surface area contributed by atoms with Crippen molar-refractivity contribution in [2.75, 3.05) is 25.7 Å². The van der Waals surface area contributed by atoms with E-state index in [-0.39, 0.29) is 42.3 Å². The lowest BCUT2D eigenvalue weighted by Crippen LogP contribution is -2.41. The van der Waals surface area contributed by atoms with Gasteiger partial charge in [-0.3, -0.25) is 14.5 Å². The quantitative estimate of drug-likeness (QED) is 0.453. The van der Waals surface area contributed by atoms with Crippen molar-refractivity contribution in [2.24, 2.45) is 34.7 Å². The maximum Gasteiger partial charge on any atom is 0.338 e. The Bertz CT molecular complexity index is 1290. The van der Waals surface area contributed by atoms with Crippen molar-refractivity contribution in [1.82, 2.24) is 0 Å². The van der Waals surface area contributed by atoms with Crippen molar-refractivity contribution in [1.29, 1.82) is 0 Å². The van der Waals surface area contributed by atoms with Gasteiger partial charge in [0, 0.05) is 23.5 Å². The zero-order chi connectivity index (χ0) is 25.1. The molecule has 36 heavy (non-hydrogen) atoms. The second-order valence-electron chi connectivity index (χ2n) is 9.53. The van der Waals surface area contributed by atoms with E-state index >= 15 is 0 Å². The van der Waals surface area contributed by atoms with E-state index in [1.165, 1.54) is 4.90 Å². The molecule has 2 aliphatic heterocycles. The van der Waals surface area contributed by atoms with Gasteiger partial charge in [-0.15, -0.1) is 0 Å². The minimum absolute atomic E-state index is 0.0571. The van der Waals surface area contributed by atoms with Gasteiger partial charge in [0.25, 0.3) is 0 Å². The highest BCUT2D eigenvalue weighted by molar-refractivity contribution is 6.23. The van der Waals surface area contributed by atoms with Crippen LogP contribution in [-0.2, 0) is 19.2 Å². The van der Waals surface area contributed by atoms with Gasteiger partial charge in [-0.25, -0.2) is 4.79 Å². The number of methoxy groups -OCH3 is 2. The second-order valence-corrected chi connectivity index (χ2v) is 9.53. The van der Waals surface area contributed by atoms with Crippen LogP contribution in [0.4, 0.5) is 5.69 Å². The number of rotatable bonds is 6. The average Bonchev–Trinajstić information content (AvgIpc) is 3.64. The lowest BCUT2D eigenvalue weighted by Gasteiger charge is -2.30. The molecule has 4 aliphatic rings. The van der Waals surface area contributed by atoms with Crippen molar-refractivity contribution in [2.45, 2.75) is 19.4 Å². The van der Waals surface area contributed by atoms with Crippen molar-refractivity contribution in [3.05, 3.63) is 53.6 Å². The average molecular weight is 491 g/mol. The minimum Gasteiger partial charge on any atom is -0.497 e. The number of imide groups is 1. The molecule has 0 N–H and O–H groups in total.